The molecule has 0 aliphatic carbocycles. The number of ether oxygens (including phenoxy) is 2. The Morgan fingerprint density at radius 2 is 1.82 bits per heavy atom. The van der Waals surface area contributed by atoms with Crippen molar-refractivity contribution in [2.24, 2.45) is 0 Å². The Bertz CT molecular complexity index is 1140. The van der Waals surface area contributed by atoms with E-state index in [0.29, 0.717) is 23.6 Å². The number of ketones is 1. The van der Waals surface area contributed by atoms with Gasteiger partial charge in [0.05, 0.1) is 18.9 Å². The summed E-state index contributed by atoms with van der Waals surface area (Å²) in [6, 6.07) is 18.8. The summed E-state index contributed by atoms with van der Waals surface area (Å²) >= 11 is 0. The van der Waals surface area contributed by atoms with Gasteiger partial charge >= 0.3 is 5.97 Å². The highest BCUT2D eigenvalue weighted by Crippen LogP contribution is 2.16. The fourth-order valence-electron chi connectivity index (χ4n) is 3.86. The summed E-state index contributed by atoms with van der Waals surface area (Å²) in [4.78, 5) is 26.1. The fraction of sp³-hybridized carbons (Fsp3) is 0.259. The molecule has 34 heavy (non-hydrogen) atoms. The number of allylic oxidation sites excluding steroid dienone is 1. The molecule has 0 unspecified atom stereocenters. The van der Waals surface area contributed by atoms with Crippen LogP contribution in [-0.4, -0.2) is 59.2 Å². The van der Waals surface area contributed by atoms with E-state index < -0.39 is 5.97 Å². The van der Waals surface area contributed by atoms with Crippen molar-refractivity contribution in [2.75, 3.05) is 32.9 Å². The third kappa shape index (κ3) is 6.43. The maximum absolute atomic E-state index is 13.1. The molecule has 176 valence electrons. The number of carbonyl (C=O) groups is 2. The van der Waals surface area contributed by atoms with Gasteiger partial charge in [-0.3, -0.25) is 9.69 Å². The van der Waals surface area contributed by atoms with Gasteiger partial charge in [-0.2, -0.15) is 0 Å². The second kappa shape index (κ2) is 11.4. The van der Waals surface area contributed by atoms with Crippen LogP contribution in [0.5, 0.6) is 5.75 Å². The molecule has 1 aliphatic heterocycles. The van der Waals surface area contributed by atoms with Gasteiger partial charge in [-0.05, 0) is 35.4 Å². The number of hydrogen-bond acceptors (Lipinski definition) is 5. The van der Waals surface area contributed by atoms with Gasteiger partial charge in [0, 0.05) is 37.9 Å². The van der Waals surface area contributed by atoms with Crippen molar-refractivity contribution >= 4 is 17.8 Å². The van der Waals surface area contributed by atoms with Crippen LogP contribution in [0.15, 0.2) is 72.9 Å². The number of benzene rings is 2. The first kappa shape index (κ1) is 23.5. The maximum atomic E-state index is 13.1. The van der Waals surface area contributed by atoms with E-state index >= 15 is 0 Å². The normalized spacial score (nSPS) is 14.4. The molecule has 0 radical (unpaired) electrons. The lowest BCUT2D eigenvalue weighted by Crippen LogP contribution is -2.35. The molecule has 1 aliphatic rings. The summed E-state index contributed by atoms with van der Waals surface area (Å²) in [5.74, 6) is -0.531. The lowest BCUT2D eigenvalue weighted by molar-refractivity contribution is -0.139. The minimum absolute atomic E-state index is 0.0135. The molecule has 0 amide bonds. The molecule has 0 bridgehead atoms. The van der Waals surface area contributed by atoms with Crippen LogP contribution in [0.4, 0.5) is 0 Å². The van der Waals surface area contributed by atoms with Crippen LogP contribution in [0.3, 0.4) is 0 Å². The Labute approximate surface area is 198 Å². The number of hydrogen-bond donors (Lipinski definition) is 1. The Balaban J connectivity index is 1.37. The third-order valence-corrected chi connectivity index (χ3v) is 5.62. The summed E-state index contributed by atoms with van der Waals surface area (Å²) in [6.45, 7) is 4.42. The molecule has 0 spiro atoms. The van der Waals surface area contributed by atoms with Crippen LogP contribution in [0, 0.1) is 0 Å². The van der Waals surface area contributed by atoms with Gasteiger partial charge in [0.25, 0.3) is 0 Å². The average Bonchev–Trinajstić information content (AvgIpc) is 3.32. The highest BCUT2D eigenvalue weighted by atomic mass is 16.5. The van der Waals surface area contributed by atoms with Gasteiger partial charge in [0.15, 0.2) is 6.61 Å². The number of morpholine rings is 1. The predicted octanol–water partition coefficient (Wildman–Crippen LogP) is 3.73. The van der Waals surface area contributed by atoms with Crippen molar-refractivity contribution in [3.05, 3.63) is 95.3 Å². The van der Waals surface area contributed by atoms with Crippen LogP contribution >= 0.6 is 0 Å². The SMILES string of the molecule is O=C(O)COc1cccc(/C=C/Cn2cccc2C(=O)c2ccc(CN3CCOCC3)cc2)c1. The molecule has 7 nitrogen and oxygen atoms in total. The Kier molecular flexibility index (Phi) is 7.91. The molecule has 2 heterocycles. The van der Waals surface area contributed by atoms with Crippen LogP contribution in [0.25, 0.3) is 6.08 Å². The number of rotatable bonds is 10. The molecule has 1 saturated heterocycles. The molecular weight excluding hydrogens is 432 g/mol. The standard InChI is InChI=1S/C27H28N2O5/c30-26(31)20-34-24-6-1-4-21(18-24)5-2-12-29-13-3-7-25(29)27(32)23-10-8-22(9-11-23)19-28-14-16-33-17-15-28/h1-11,13,18H,12,14-17,19-20H2,(H,30,31)/b5-2+. The summed E-state index contributed by atoms with van der Waals surface area (Å²) < 4.78 is 12.5. The van der Waals surface area contributed by atoms with E-state index in [9.17, 15) is 9.59 Å². The van der Waals surface area contributed by atoms with Crippen molar-refractivity contribution in [1.82, 2.24) is 9.47 Å². The second-order valence-corrected chi connectivity index (χ2v) is 8.12. The summed E-state index contributed by atoms with van der Waals surface area (Å²) in [5, 5.41) is 8.75. The number of aromatic nitrogens is 1. The maximum Gasteiger partial charge on any atom is 0.341 e. The quantitative estimate of drug-likeness (QED) is 0.465. The van der Waals surface area contributed by atoms with Crippen LogP contribution in [0.1, 0.15) is 27.2 Å². The van der Waals surface area contributed by atoms with Gasteiger partial charge in [0.2, 0.25) is 5.78 Å². The second-order valence-electron chi connectivity index (χ2n) is 8.12. The predicted molar refractivity (Wildman–Crippen MR) is 129 cm³/mol. The highest BCUT2D eigenvalue weighted by Gasteiger charge is 2.14. The Morgan fingerprint density at radius 3 is 2.59 bits per heavy atom. The topological polar surface area (TPSA) is 81.0 Å². The van der Waals surface area contributed by atoms with Crippen molar-refractivity contribution in [3.8, 4) is 5.75 Å². The molecule has 4 rings (SSSR count). The van der Waals surface area contributed by atoms with Gasteiger partial charge in [-0.25, -0.2) is 4.79 Å². The summed E-state index contributed by atoms with van der Waals surface area (Å²) in [7, 11) is 0. The van der Waals surface area contributed by atoms with Crippen molar-refractivity contribution < 1.29 is 24.2 Å². The molecular formula is C27H28N2O5. The molecule has 1 aromatic heterocycles. The Hall–Kier alpha value is -3.68. The zero-order valence-electron chi connectivity index (χ0n) is 18.9. The van der Waals surface area contributed by atoms with Crippen LogP contribution in [0.2, 0.25) is 0 Å². The minimum atomic E-state index is -1.02. The molecule has 1 N–H and O–H groups in total. The van der Waals surface area contributed by atoms with Gasteiger partial charge in [-0.15, -0.1) is 0 Å². The first-order chi connectivity index (χ1) is 16.6. The van der Waals surface area contributed by atoms with Crippen LogP contribution < -0.4 is 4.74 Å². The molecule has 0 atom stereocenters. The molecule has 7 heteroatoms. The van der Waals surface area contributed by atoms with E-state index in [1.165, 1.54) is 5.56 Å². The number of carboxylic acid groups (broad SMARTS) is 1. The Morgan fingerprint density at radius 1 is 1.03 bits per heavy atom. The summed E-state index contributed by atoms with van der Waals surface area (Å²) in [5.41, 5.74) is 3.37. The minimum Gasteiger partial charge on any atom is -0.482 e. The number of carboxylic acids is 1. The van der Waals surface area contributed by atoms with Gasteiger partial charge in [-0.1, -0.05) is 48.6 Å². The molecule has 2 aromatic carbocycles. The monoisotopic (exact) mass is 460 g/mol. The zero-order chi connectivity index (χ0) is 23.8. The van der Waals surface area contributed by atoms with E-state index in [1.54, 1.807) is 12.1 Å². The third-order valence-electron chi connectivity index (χ3n) is 5.62. The number of carbonyl (C=O) groups excluding carboxylic acids is 1. The first-order valence-electron chi connectivity index (χ1n) is 11.3. The van der Waals surface area contributed by atoms with E-state index in [1.807, 2.05) is 71.4 Å². The van der Waals surface area contributed by atoms with Gasteiger partial charge in [0.1, 0.15) is 5.75 Å². The largest absolute Gasteiger partial charge is 0.482 e. The van der Waals surface area contributed by atoms with E-state index in [2.05, 4.69) is 4.90 Å². The van der Waals surface area contributed by atoms with Crippen molar-refractivity contribution in [2.45, 2.75) is 13.1 Å². The fourth-order valence-corrected chi connectivity index (χ4v) is 3.86. The zero-order valence-corrected chi connectivity index (χ0v) is 18.9. The smallest absolute Gasteiger partial charge is 0.341 e. The highest BCUT2D eigenvalue weighted by molar-refractivity contribution is 6.08. The number of nitrogens with zero attached hydrogens (tertiary/aromatic N) is 2. The number of aliphatic carboxylic acids is 1. The lowest BCUT2D eigenvalue weighted by atomic mass is 10.1. The summed E-state index contributed by atoms with van der Waals surface area (Å²) in [6.07, 6.45) is 5.76. The van der Waals surface area contributed by atoms with E-state index in [4.69, 9.17) is 14.6 Å². The molecule has 0 saturated carbocycles. The first-order valence-corrected chi connectivity index (χ1v) is 11.3. The average molecular weight is 461 g/mol. The van der Waals surface area contributed by atoms with Gasteiger partial charge < -0.3 is 19.1 Å². The van der Waals surface area contributed by atoms with Crippen molar-refractivity contribution in [3.63, 3.8) is 0 Å². The van der Waals surface area contributed by atoms with Crippen LogP contribution in [-0.2, 0) is 22.6 Å². The van der Waals surface area contributed by atoms with E-state index in [0.717, 1.165) is 38.4 Å². The molecule has 3 aromatic rings. The van der Waals surface area contributed by atoms with Crippen molar-refractivity contribution in [1.29, 1.82) is 0 Å². The lowest BCUT2D eigenvalue weighted by Gasteiger charge is -2.26. The van der Waals surface area contributed by atoms with E-state index in [-0.39, 0.29) is 12.4 Å². The molecule has 1 fully saturated rings.